The molecule has 0 atom stereocenters. The Labute approximate surface area is 110 Å². The SMILES string of the molecule is CC(=O)N1CCN(c2ncnc(Cl)c2C=O)CC1. The lowest BCUT2D eigenvalue weighted by atomic mass is 10.2. The summed E-state index contributed by atoms with van der Waals surface area (Å²) in [7, 11) is 0. The van der Waals surface area contributed by atoms with Gasteiger partial charge in [0.05, 0.1) is 5.56 Å². The highest BCUT2D eigenvalue weighted by Crippen LogP contribution is 2.22. The number of nitrogens with zero attached hydrogens (tertiary/aromatic N) is 4. The van der Waals surface area contributed by atoms with Gasteiger partial charge in [0, 0.05) is 33.1 Å². The second-order valence-corrected chi connectivity index (χ2v) is 4.37. The maximum absolute atomic E-state index is 11.2. The van der Waals surface area contributed by atoms with Crippen LogP contribution in [0.2, 0.25) is 5.15 Å². The van der Waals surface area contributed by atoms with E-state index in [4.69, 9.17) is 11.6 Å². The Morgan fingerprint density at radius 3 is 2.56 bits per heavy atom. The van der Waals surface area contributed by atoms with Crippen molar-refractivity contribution in [3.8, 4) is 0 Å². The molecule has 6 nitrogen and oxygen atoms in total. The summed E-state index contributed by atoms with van der Waals surface area (Å²) >= 11 is 5.85. The molecule has 0 unspecified atom stereocenters. The van der Waals surface area contributed by atoms with E-state index in [0.29, 0.717) is 43.8 Å². The average molecular weight is 269 g/mol. The van der Waals surface area contributed by atoms with Crippen LogP contribution in [0.5, 0.6) is 0 Å². The van der Waals surface area contributed by atoms with Crippen molar-refractivity contribution in [2.75, 3.05) is 31.1 Å². The van der Waals surface area contributed by atoms with E-state index in [1.807, 2.05) is 4.90 Å². The number of halogens is 1. The van der Waals surface area contributed by atoms with E-state index in [-0.39, 0.29) is 11.1 Å². The topological polar surface area (TPSA) is 66.4 Å². The second-order valence-electron chi connectivity index (χ2n) is 4.01. The summed E-state index contributed by atoms with van der Waals surface area (Å²) in [5.41, 5.74) is 0.301. The molecule has 0 bridgehead atoms. The van der Waals surface area contributed by atoms with Crippen LogP contribution in [-0.4, -0.2) is 53.2 Å². The largest absolute Gasteiger partial charge is 0.352 e. The van der Waals surface area contributed by atoms with Gasteiger partial charge < -0.3 is 9.80 Å². The normalized spacial score (nSPS) is 15.7. The van der Waals surface area contributed by atoms with Gasteiger partial charge in [0.1, 0.15) is 17.3 Å². The predicted octanol–water partition coefficient (Wildman–Crippen LogP) is 0.611. The highest BCUT2D eigenvalue weighted by Gasteiger charge is 2.22. The molecule has 96 valence electrons. The zero-order valence-electron chi connectivity index (χ0n) is 9.97. The molecule has 2 heterocycles. The Balaban J connectivity index is 2.17. The summed E-state index contributed by atoms with van der Waals surface area (Å²) in [6.45, 7) is 4.06. The maximum atomic E-state index is 11.2. The van der Waals surface area contributed by atoms with E-state index in [9.17, 15) is 9.59 Å². The van der Waals surface area contributed by atoms with Gasteiger partial charge in [-0.05, 0) is 0 Å². The molecule has 1 amide bonds. The number of carbonyl (C=O) groups excluding carboxylic acids is 2. The van der Waals surface area contributed by atoms with Crippen molar-refractivity contribution >= 4 is 29.6 Å². The zero-order chi connectivity index (χ0) is 13.1. The molecule has 7 heteroatoms. The van der Waals surface area contributed by atoms with Crippen molar-refractivity contribution in [3.05, 3.63) is 17.0 Å². The Kier molecular flexibility index (Phi) is 3.76. The number of rotatable bonds is 2. The molecule has 1 aliphatic rings. The number of anilines is 1. The highest BCUT2D eigenvalue weighted by molar-refractivity contribution is 6.32. The lowest BCUT2D eigenvalue weighted by molar-refractivity contribution is -0.129. The van der Waals surface area contributed by atoms with Gasteiger partial charge in [-0.3, -0.25) is 9.59 Å². The number of aldehydes is 1. The molecule has 1 aromatic rings. The third kappa shape index (κ3) is 2.43. The molecular weight excluding hydrogens is 256 g/mol. The first kappa shape index (κ1) is 12.8. The molecule has 1 aliphatic heterocycles. The van der Waals surface area contributed by atoms with Gasteiger partial charge in [0.2, 0.25) is 5.91 Å². The lowest BCUT2D eigenvalue weighted by Gasteiger charge is -2.35. The van der Waals surface area contributed by atoms with Gasteiger partial charge in [-0.1, -0.05) is 11.6 Å². The Morgan fingerprint density at radius 2 is 2.00 bits per heavy atom. The average Bonchev–Trinajstić information content (AvgIpc) is 2.38. The van der Waals surface area contributed by atoms with Crippen LogP contribution in [0.15, 0.2) is 6.33 Å². The van der Waals surface area contributed by atoms with E-state index >= 15 is 0 Å². The Hall–Kier alpha value is -1.69. The molecule has 0 aliphatic carbocycles. The van der Waals surface area contributed by atoms with Crippen LogP contribution in [-0.2, 0) is 4.79 Å². The van der Waals surface area contributed by atoms with Gasteiger partial charge in [-0.25, -0.2) is 9.97 Å². The van der Waals surface area contributed by atoms with Crippen LogP contribution in [0.4, 0.5) is 5.82 Å². The summed E-state index contributed by atoms with van der Waals surface area (Å²) in [5.74, 6) is 0.596. The van der Waals surface area contributed by atoms with Crippen molar-refractivity contribution in [2.45, 2.75) is 6.92 Å². The predicted molar refractivity (Wildman–Crippen MR) is 66.9 cm³/mol. The number of aromatic nitrogens is 2. The van der Waals surface area contributed by atoms with Crippen LogP contribution < -0.4 is 4.90 Å². The number of hydrogen-bond donors (Lipinski definition) is 0. The van der Waals surface area contributed by atoms with E-state index in [2.05, 4.69) is 9.97 Å². The molecule has 1 saturated heterocycles. The van der Waals surface area contributed by atoms with E-state index < -0.39 is 0 Å². The summed E-state index contributed by atoms with van der Waals surface area (Å²) in [5, 5.41) is 0.156. The standard InChI is InChI=1S/C11H13ClN4O2/c1-8(18)15-2-4-16(5-3-15)11-9(6-17)10(12)13-7-14-11/h6-7H,2-5H2,1H3. The van der Waals surface area contributed by atoms with Crippen molar-refractivity contribution in [1.82, 2.24) is 14.9 Å². The fourth-order valence-electron chi connectivity index (χ4n) is 1.95. The van der Waals surface area contributed by atoms with Crippen LogP contribution in [0.1, 0.15) is 17.3 Å². The monoisotopic (exact) mass is 268 g/mol. The van der Waals surface area contributed by atoms with Crippen molar-refractivity contribution < 1.29 is 9.59 Å². The third-order valence-electron chi connectivity index (χ3n) is 2.96. The first-order chi connectivity index (χ1) is 8.63. The quantitative estimate of drug-likeness (QED) is 0.581. The van der Waals surface area contributed by atoms with E-state index in [0.717, 1.165) is 0 Å². The smallest absolute Gasteiger partial charge is 0.219 e. The number of hydrogen-bond acceptors (Lipinski definition) is 5. The minimum absolute atomic E-state index is 0.0611. The fraction of sp³-hybridized carbons (Fsp3) is 0.455. The molecule has 0 spiro atoms. The molecule has 1 aromatic heterocycles. The highest BCUT2D eigenvalue weighted by atomic mass is 35.5. The molecular formula is C11H13ClN4O2. The van der Waals surface area contributed by atoms with Gasteiger partial charge in [0.25, 0.3) is 0 Å². The summed E-state index contributed by atoms with van der Waals surface area (Å²) in [6.07, 6.45) is 2.00. The molecule has 2 rings (SSSR count). The lowest BCUT2D eigenvalue weighted by Crippen LogP contribution is -2.48. The molecule has 0 N–H and O–H groups in total. The van der Waals surface area contributed by atoms with Crippen molar-refractivity contribution in [1.29, 1.82) is 0 Å². The summed E-state index contributed by atoms with van der Waals surface area (Å²) in [6, 6.07) is 0. The van der Waals surface area contributed by atoms with Crippen LogP contribution >= 0.6 is 11.6 Å². The number of piperazine rings is 1. The molecule has 0 saturated carbocycles. The van der Waals surface area contributed by atoms with Gasteiger partial charge in [-0.15, -0.1) is 0 Å². The van der Waals surface area contributed by atoms with Gasteiger partial charge >= 0.3 is 0 Å². The van der Waals surface area contributed by atoms with E-state index in [1.54, 1.807) is 11.8 Å². The van der Waals surface area contributed by atoms with Gasteiger partial charge in [0.15, 0.2) is 6.29 Å². The number of amides is 1. The van der Waals surface area contributed by atoms with Crippen molar-refractivity contribution in [3.63, 3.8) is 0 Å². The van der Waals surface area contributed by atoms with Crippen LogP contribution in [0.25, 0.3) is 0 Å². The maximum Gasteiger partial charge on any atom is 0.219 e. The summed E-state index contributed by atoms with van der Waals surface area (Å²) < 4.78 is 0. The number of carbonyl (C=O) groups is 2. The summed E-state index contributed by atoms with van der Waals surface area (Å²) in [4.78, 5) is 33.8. The minimum Gasteiger partial charge on any atom is -0.352 e. The minimum atomic E-state index is 0.0611. The molecule has 18 heavy (non-hydrogen) atoms. The van der Waals surface area contributed by atoms with Crippen molar-refractivity contribution in [2.24, 2.45) is 0 Å². The molecule has 0 radical (unpaired) electrons. The fourth-order valence-corrected chi connectivity index (χ4v) is 2.12. The van der Waals surface area contributed by atoms with E-state index in [1.165, 1.54) is 6.33 Å². The van der Waals surface area contributed by atoms with Crippen LogP contribution in [0.3, 0.4) is 0 Å². The molecule has 1 fully saturated rings. The Morgan fingerprint density at radius 1 is 1.33 bits per heavy atom. The third-order valence-corrected chi connectivity index (χ3v) is 3.26. The first-order valence-corrected chi connectivity index (χ1v) is 5.97. The molecule has 0 aromatic carbocycles. The van der Waals surface area contributed by atoms with Crippen LogP contribution in [0, 0.1) is 0 Å². The zero-order valence-corrected chi connectivity index (χ0v) is 10.7. The Bertz CT molecular complexity index is 472. The second kappa shape index (κ2) is 5.30. The van der Waals surface area contributed by atoms with Gasteiger partial charge in [-0.2, -0.15) is 0 Å². The first-order valence-electron chi connectivity index (χ1n) is 5.59.